The first-order chi connectivity index (χ1) is 10.7. The number of aliphatic hydroxyl groups excluding tert-OH is 1. The second-order valence-corrected chi connectivity index (χ2v) is 4.97. The molecule has 2 rings (SSSR count). The maximum absolute atomic E-state index is 11.6. The van der Waals surface area contributed by atoms with Crippen molar-refractivity contribution in [3.05, 3.63) is 65.2 Å². The Morgan fingerprint density at radius 1 is 1.14 bits per heavy atom. The summed E-state index contributed by atoms with van der Waals surface area (Å²) in [7, 11) is 1.50. The van der Waals surface area contributed by atoms with E-state index in [1.165, 1.54) is 7.05 Å². The van der Waals surface area contributed by atoms with Crippen molar-refractivity contribution in [3.63, 3.8) is 0 Å². The van der Waals surface area contributed by atoms with Gasteiger partial charge in [-0.15, -0.1) is 0 Å². The number of carbonyl (C=O) groups is 1. The zero-order valence-corrected chi connectivity index (χ0v) is 12.9. The number of aliphatic hydroxyl groups is 1. The summed E-state index contributed by atoms with van der Waals surface area (Å²) in [6.07, 6.45) is -0.301. The summed E-state index contributed by atoms with van der Waals surface area (Å²) in [5.41, 5.74) is 2.49. The van der Waals surface area contributed by atoms with E-state index >= 15 is 0 Å². The highest BCUT2D eigenvalue weighted by atomic mass is 16.5. The zero-order valence-electron chi connectivity index (χ0n) is 12.9. The maximum Gasteiger partial charge on any atom is 0.253 e. The predicted octanol–water partition coefficient (Wildman–Crippen LogP) is 2.61. The molecule has 0 aromatic heterocycles. The van der Waals surface area contributed by atoms with E-state index in [-0.39, 0.29) is 0 Å². The summed E-state index contributed by atoms with van der Waals surface area (Å²) in [4.78, 5) is 11.6. The molecule has 0 fully saturated rings. The third kappa shape index (κ3) is 3.65. The molecule has 2 aromatic rings. The van der Waals surface area contributed by atoms with Crippen LogP contribution in [-0.4, -0.2) is 18.1 Å². The van der Waals surface area contributed by atoms with Gasteiger partial charge in [-0.2, -0.15) is 0 Å². The maximum atomic E-state index is 11.6. The lowest BCUT2D eigenvalue weighted by atomic mass is 10.0. The van der Waals surface area contributed by atoms with E-state index in [0.29, 0.717) is 12.2 Å². The van der Waals surface area contributed by atoms with Crippen molar-refractivity contribution >= 4 is 5.91 Å². The highest BCUT2D eigenvalue weighted by Crippen LogP contribution is 2.23. The SMILES string of the molecule is CCc1ccccc1OCc1ccccc1C(O)C(=O)NC. The fourth-order valence-corrected chi connectivity index (χ4v) is 2.30. The Hall–Kier alpha value is -2.33. The smallest absolute Gasteiger partial charge is 0.253 e. The van der Waals surface area contributed by atoms with Crippen LogP contribution < -0.4 is 10.1 Å². The Morgan fingerprint density at radius 2 is 1.77 bits per heavy atom. The van der Waals surface area contributed by atoms with E-state index in [9.17, 15) is 9.90 Å². The number of rotatable bonds is 6. The molecule has 116 valence electrons. The van der Waals surface area contributed by atoms with Gasteiger partial charge in [0.2, 0.25) is 0 Å². The number of aryl methyl sites for hydroxylation is 1. The number of hydrogen-bond donors (Lipinski definition) is 2. The van der Waals surface area contributed by atoms with Gasteiger partial charge in [-0.25, -0.2) is 0 Å². The third-order valence-electron chi connectivity index (χ3n) is 3.58. The third-order valence-corrected chi connectivity index (χ3v) is 3.58. The number of para-hydroxylation sites is 1. The van der Waals surface area contributed by atoms with Crippen molar-refractivity contribution in [1.29, 1.82) is 0 Å². The molecule has 0 spiro atoms. The minimum absolute atomic E-state index is 0.307. The van der Waals surface area contributed by atoms with Gasteiger partial charge in [-0.05, 0) is 29.2 Å². The first-order valence-electron chi connectivity index (χ1n) is 7.35. The first-order valence-corrected chi connectivity index (χ1v) is 7.35. The average molecular weight is 299 g/mol. The lowest BCUT2D eigenvalue weighted by Crippen LogP contribution is -2.26. The molecular weight excluding hydrogens is 278 g/mol. The fourth-order valence-electron chi connectivity index (χ4n) is 2.30. The number of carbonyl (C=O) groups excluding carboxylic acids is 1. The van der Waals surface area contributed by atoms with Crippen molar-refractivity contribution in [1.82, 2.24) is 5.32 Å². The second-order valence-electron chi connectivity index (χ2n) is 4.97. The number of nitrogens with one attached hydrogen (secondary N) is 1. The summed E-state index contributed by atoms with van der Waals surface area (Å²) >= 11 is 0. The molecule has 0 bridgehead atoms. The van der Waals surface area contributed by atoms with Crippen LogP contribution in [0.4, 0.5) is 0 Å². The van der Waals surface area contributed by atoms with Gasteiger partial charge >= 0.3 is 0 Å². The van der Waals surface area contributed by atoms with Gasteiger partial charge in [0.05, 0.1) is 0 Å². The molecule has 0 aliphatic rings. The largest absolute Gasteiger partial charge is 0.489 e. The Balaban J connectivity index is 2.18. The lowest BCUT2D eigenvalue weighted by Gasteiger charge is -2.16. The molecule has 4 heteroatoms. The second kappa shape index (κ2) is 7.61. The van der Waals surface area contributed by atoms with Gasteiger partial charge in [0.25, 0.3) is 5.91 Å². The highest BCUT2D eigenvalue weighted by molar-refractivity contribution is 5.82. The standard InChI is InChI=1S/C18H21NO3/c1-3-13-8-5-7-11-16(13)22-12-14-9-4-6-10-15(14)17(20)18(21)19-2/h4-11,17,20H,3,12H2,1-2H3,(H,19,21). The molecule has 0 radical (unpaired) electrons. The molecule has 1 unspecified atom stereocenters. The van der Waals surface area contributed by atoms with Crippen LogP contribution >= 0.6 is 0 Å². The van der Waals surface area contributed by atoms with Crippen LogP contribution in [0.2, 0.25) is 0 Å². The van der Waals surface area contributed by atoms with E-state index in [0.717, 1.165) is 23.3 Å². The van der Waals surface area contributed by atoms with Gasteiger partial charge in [-0.3, -0.25) is 4.79 Å². The molecule has 0 aliphatic carbocycles. The summed E-state index contributed by atoms with van der Waals surface area (Å²) in [6.45, 7) is 2.38. The van der Waals surface area contributed by atoms with Crippen LogP contribution in [0.1, 0.15) is 29.7 Å². The normalized spacial score (nSPS) is 11.8. The average Bonchev–Trinajstić information content (AvgIpc) is 2.59. The summed E-state index contributed by atoms with van der Waals surface area (Å²) in [6, 6.07) is 15.1. The molecule has 4 nitrogen and oxygen atoms in total. The molecule has 0 saturated carbocycles. The van der Waals surface area contributed by atoms with E-state index in [4.69, 9.17) is 4.74 Å². The number of likely N-dealkylation sites (N-methyl/N-ethyl adjacent to an activating group) is 1. The molecule has 2 aromatic carbocycles. The first kappa shape index (κ1) is 16.0. The lowest BCUT2D eigenvalue weighted by molar-refractivity contribution is -0.129. The summed E-state index contributed by atoms with van der Waals surface area (Å²) in [5.74, 6) is 0.399. The van der Waals surface area contributed by atoms with Gasteiger partial charge in [-0.1, -0.05) is 49.4 Å². The summed E-state index contributed by atoms with van der Waals surface area (Å²) in [5, 5.41) is 12.6. The molecule has 22 heavy (non-hydrogen) atoms. The molecule has 0 saturated heterocycles. The molecule has 1 atom stereocenters. The minimum atomic E-state index is -1.19. The Morgan fingerprint density at radius 3 is 2.45 bits per heavy atom. The Kier molecular flexibility index (Phi) is 5.55. The van der Waals surface area contributed by atoms with Gasteiger partial charge in [0.15, 0.2) is 6.10 Å². The van der Waals surface area contributed by atoms with Crippen molar-refractivity contribution in [2.75, 3.05) is 7.05 Å². The van der Waals surface area contributed by atoms with Crippen molar-refractivity contribution in [2.24, 2.45) is 0 Å². The molecule has 1 amide bonds. The van der Waals surface area contributed by atoms with E-state index in [1.807, 2.05) is 36.4 Å². The van der Waals surface area contributed by atoms with E-state index < -0.39 is 12.0 Å². The Labute approximate surface area is 130 Å². The highest BCUT2D eigenvalue weighted by Gasteiger charge is 2.19. The van der Waals surface area contributed by atoms with Crippen molar-refractivity contribution < 1.29 is 14.6 Å². The fraction of sp³-hybridized carbons (Fsp3) is 0.278. The number of hydrogen-bond acceptors (Lipinski definition) is 3. The van der Waals surface area contributed by atoms with Crippen molar-refractivity contribution in [2.45, 2.75) is 26.1 Å². The van der Waals surface area contributed by atoms with Crippen molar-refractivity contribution in [3.8, 4) is 5.75 Å². The van der Waals surface area contributed by atoms with Crippen LogP contribution in [0.25, 0.3) is 0 Å². The topological polar surface area (TPSA) is 58.6 Å². The molecular formula is C18H21NO3. The van der Waals surface area contributed by atoms with E-state index in [2.05, 4.69) is 12.2 Å². The number of ether oxygens (including phenoxy) is 1. The molecule has 2 N–H and O–H groups in total. The molecule has 0 aliphatic heterocycles. The van der Waals surface area contributed by atoms with Crippen LogP contribution in [0.3, 0.4) is 0 Å². The van der Waals surface area contributed by atoms with Crippen LogP contribution in [0.5, 0.6) is 5.75 Å². The zero-order chi connectivity index (χ0) is 15.9. The quantitative estimate of drug-likeness (QED) is 0.862. The minimum Gasteiger partial charge on any atom is -0.489 e. The van der Waals surface area contributed by atoms with Gasteiger partial charge < -0.3 is 15.2 Å². The number of amides is 1. The predicted molar refractivity (Wildman–Crippen MR) is 85.6 cm³/mol. The van der Waals surface area contributed by atoms with Crippen LogP contribution in [0.15, 0.2) is 48.5 Å². The van der Waals surface area contributed by atoms with E-state index in [1.54, 1.807) is 12.1 Å². The van der Waals surface area contributed by atoms with Crippen LogP contribution in [0, 0.1) is 0 Å². The number of benzene rings is 2. The monoisotopic (exact) mass is 299 g/mol. The van der Waals surface area contributed by atoms with Gasteiger partial charge in [0, 0.05) is 7.05 Å². The van der Waals surface area contributed by atoms with Crippen LogP contribution in [-0.2, 0) is 17.8 Å². The summed E-state index contributed by atoms with van der Waals surface area (Å²) < 4.78 is 5.88. The van der Waals surface area contributed by atoms with Gasteiger partial charge in [0.1, 0.15) is 12.4 Å². The Bertz CT molecular complexity index is 640. The molecule has 0 heterocycles.